The normalized spacial score (nSPS) is 11.4. The van der Waals surface area contributed by atoms with Crippen molar-refractivity contribution in [2.45, 2.75) is 16.7 Å². The lowest BCUT2D eigenvalue weighted by Crippen LogP contribution is -2.08. The number of rotatable bonds is 6. The molecular weight excluding hydrogens is 483 g/mol. The molecule has 0 bridgehead atoms. The fraction of sp³-hybridized carbons (Fsp3) is 0.0417. The van der Waals surface area contributed by atoms with Gasteiger partial charge in [0.2, 0.25) is 15.6 Å². The van der Waals surface area contributed by atoms with E-state index >= 15 is 0 Å². The Labute approximate surface area is 199 Å². The van der Waals surface area contributed by atoms with Crippen molar-refractivity contribution < 1.29 is 17.6 Å². The molecular formula is C24H18ClFN2O3S2. The number of aryl methyl sites for hydroxylation is 1. The van der Waals surface area contributed by atoms with E-state index in [4.69, 9.17) is 17.3 Å². The topological polar surface area (TPSA) is 89.3 Å². The second-order valence-electron chi connectivity index (χ2n) is 7.29. The Kier molecular flexibility index (Phi) is 6.25. The summed E-state index contributed by atoms with van der Waals surface area (Å²) in [5.74, 6) is -0.986. The highest BCUT2D eigenvalue weighted by Crippen LogP contribution is 2.44. The minimum atomic E-state index is -4.09. The number of hydrogen-bond acceptors (Lipinski definition) is 6. The average Bonchev–Trinajstić information content (AvgIpc) is 3.12. The number of carbonyl (C=O) groups is 1. The Morgan fingerprint density at radius 1 is 0.970 bits per heavy atom. The number of benzene rings is 3. The molecule has 5 nitrogen and oxygen atoms in total. The molecule has 33 heavy (non-hydrogen) atoms. The smallest absolute Gasteiger partial charge is 0.211 e. The van der Waals surface area contributed by atoms with E-state index in [1.165, 1.54) is 36.4 Å². The molecule has 168 valence electrons. The van der Waals surface area contributed by atoms with Crippen LogP contribution in [-0.2, 0) is 9.84 Å². The number of nitrogens with one attached hydrogen (secondary N) is 1. The van der Waals surface area contributed by atoms with Gasteiger partial charge in [-0.3, -0.25) is 4.79 Å². The van der Waals surface area contributed by atoms with Crippen LogP contribution in [0.1, 0.15) is 20.8 Å². The zero-order valence-electron chi connectivity index (χ0n) is 17.3. The Balaban J connectivity index is 1.87. The molecule has 0 saturated heterocycles. The summed E-state index contributed by atoms with van der Waals surface area (Å²) in [4.78, 5) is 13.0. The fourth-order valence-electron chi connectivity index (χ4n) is 3.18. The molecule has 0 aliphatic rings. The summed E-state index contributed by atoms with van der Waals surface area (Å²) in [6, 6.07) is 18.0. The van der Waals surface area contributed by atoms with Gasteiger partial charge in [0.05, 0.1) is 10.6 Å². The van der Waals surface area contributed by atoms with Crippen LogP contribution in [0.2, 0.25) is 5.02 Å². The Bertz CT molecular complexity index is 1430. The minimum Gasteiger partial charge on any atom is -0.396 e. The minimum absolute atomic E-state index is 0.0101. The van der Waals surface area contributed by atoms with Gasteiger partial charge in [0, 0.05) is 16.3 Å². The van der Waals surface area contributed by atoms with Gasteiger partial charge in [0.1, 0.15) is 20.6 Å². The number of sulfone groups is 1. The van der Waals surface area contributed by atoms with Crippen molar-refractivity contribution in [1.82, 2.24) is 0 Å². The van der Waals surface area contributed by atoms with E-state index in [1.807, 2.05) is 19.1 Å². The third kappa shape index (κ3) is 4.64. The predicted molar refractivity (Wildman–Crippen MR) is 130 cm³/mol. The summed E-state index contributed by atoms with van der Waals surface area (Å²) in [7, 11) is -4.09. The number of ketones is 1. The highest BCUT2D eigenvalue weighted by molar-refractivity contribution is 7.92. The van der Waals surface area contributed by atoms with Gasteiger partial charge in [-0.25, -0.2) is 12.8 Å². The number of nitrogen functional groups attached to an aromatic ring is 1. The molecule has 9 heteroatoms. The third-order valence-corrected chi connectivity index (χ3v) is 8.27. The summed E-state index contributed by atoms with van der Waals surface area (Å²) in [6.07, 6.45) is 0. The summed E-state index contributed by atoms with van der Waals surface area (Å²) in [6.45, 7) is 1.93. The van der Waals surface area contributed by atoms with E-state index < -0.39 is 21.4 Å². The molecule has 0 saturated carbocycles. The molecule has 0 aliphatic carbocycles. The van der Waals surface area contributed by atoms with Crippen LogP contribution < -0.4 is 11.1 Å². The molecule has 0 unspecified atom stereocenters. The van der Waals surface area contributed by atoms with Gasteiger partial charge in [0.25, 0.3) is 0 Å². The first-order chi connectivity index (χ1) is 15.7. The highest BCUT2D eigenvalue weighted by atomic mass is 35.5. The molecule has 3 N–H and O–H groups in total. The van der Waals surface area contributed by atoms with Gasteiger partial charge in [0.15, 0.2) is 0 Å². The molecule has 0 aliphatic heterocycles. The van der Waals surface area contributed by atoms with Gasteiger partial charge in [-0.05, 0) is 67.6 Å². The van der Waals surface area contributed by atoms with Crippen LogP contribution in [0, 0.1) is 12.7 Å². The average molecular weight is 501 g/mol. The zero-order valence-corrected chi connectivity index (χ0v) is 19.7. The van der Waals surface area contributed by atoms with Crippen LogP contribution >= 0.6 is 22.9 Å². The third-order valence-electron chi connectivity index (χ3n) is 4.91. The number of nitrogens with two attached hydrogens (primary N) is 1. The highest BCUT2D eigenvalue weighted by Gasteiger charge is 2.31. The van der Waals surface area contributed by atoms with E-state index in [9.17, 15) is 17.6 Å². The Morgan fingerprint density at radius 3 is 2.18 bits per heavy atom. The van der Waals surface area contributed by atoms with Gasteiger partial charge < -0.3 is 11.1 Å². The lowest BCUT2D eigenvalue weighted by molar-refractivity contribution is 0.104. The second kappa shape index (κ2) is 8.97. The molecule has 1 aromatic heterocycles. The number of halogens is 2. The van der Waals surface area contributed by atoms with Crippen molar-refractivity contribution in [3.63, 3.8) is 0 Å². The monoisotopic (exact) mass is 500 g/mol. The number of thiophene rings is 1. The van der Waals surface area contributed by atoms with Gasteiger partial charge >= 0.3 is 0 Å². The first-order valence-corrected chi connectivity index (χ1v) is 12.4. The Morgan fingerprint density at radius 2 is 1.58 bits per heavy atom. The number of hydrogen-bond donors (Lipinski definition) is 2. The van der Waals surface area contributed by atoms with E-state index in [2.05, 4.69) is 5.32 Å². The summed E-state index contributed by atoms with van der Waals surface area (Å²) < 4.78 is 40.4. The molecule has 3 aromatic carbocycles. The molecule has 0 amide bonds. The number of carbonyl (C=O) groups excluding carboxylic acids is 1. The summed E-state index contributed by atoms with van der Waals surface area (Å²) in [5.41, 5.74) is 7.97. The van der Waals surface area contributed by atoms with Gasteiger partial charge in [-0.15, -0.1) is 11.3 Å². The molecule has 4 rings (SSSR count). The van der Waals surface area contributed by atoms with Crippen molar-refractivity contribution in [3.8, 4) is 0 Å². The van der Waals surface area contributed by atoms with Crippen molar-refractivity contribution >= 4 is 54.9 Å². The fourth-order valence-corrected chi connectivity index (χ4v) is 6.24. The van der Waals surface area contributed by atoms with Gasteiger partial charge in [-0.2, -0.15) is 0 Å². The summed E-state index contributed by atoms with van der Waals surface area (Å²) >= 11 is 6.85. The molecule has 0 atom stereocenters. The molecule has 4 aromatic rings. The van der Waals surface area contributed by atoms with Crippen LogP contribution in [0.15, 0.2) is 82.6 Å². The zero-order chi connectivity index (χ0) is 23.8. The molecule has 1 heterocycles. The van der Waals surface area contributed by atoms with Crippen molar-refractivity contribution in [3.05, 3.63) is 99.6 Å². The maximum atomic E-state index is 13.5. The Hall–Kier alpha value is -3.20. The maximum Gasteiger partial charge on any atom is 0.211 e. The largest absolute Gasteiger partial charge is 0.396 e. The quantitative estimate of drug-likeness (QED) is 0.306. The van der Waals surface area contributed by atoms with E-state index in [0.29, 0.717) is 10.7 Å². The SMILES string of the molecule is Cc1ccc(Nc2sc(C(=O)c3ccc(F)cc3)c(N)c2S(=O)(=O)c2ccc(Cl)cc2)cc1. The molecule has 0 radical (unpaired) electrons. The summed E-state index contributed by atoms with van der Waals surface area (Å²) in [5, 5.41) is 3.68. The lowest BCUT2D eigenvalue weighted by atomic mass is 10.1. The standard InChI is InChI=1S/C24H18ClFN2O3S2/c1-14-2-10-18(11-3-14)28-24-23(33(30,31)19-12-6-16(25)7-13-19)20(27)22(32-24)21(29)15-4-8-17(26)9-5-15/h2-13,28H,27H2,1H3. The van der Waals surface area contributed by atoms with Crippen molar-refractivity contribution in [2.75, 3.05) is 11.1 Å². The van der Waals surface area contributed by atoms with Crippen LogP contribution in [0.5, 0.6) is 0 Å². The van der Waals surface area contributed by atoms with Crippen LogP contribution in [-0.4, -0.2) is 14.2 Å². The van der Waals surface area contributed by atoms with Crippen molar-refractivity contribution in [1.29, 1.82) is 0 Å². The first-order valence-electron chi connectivity index (χ1n) is 9.73. The predicted octanol–water partition coefficient (Wildman–Crippen LogP) is 6.24. The van der Waals surface area contributed by atoms with Crippen LogP contribution in [0.4, 0.5) is 20.8 Å². The van der Waals surface area contributed by atoms with E-state index in [1.54, 1.807) is 12.1 Å². The molecule has 0 spiro atoms. The first kappa shape index (κ1) is 23.0. The van der Waals surface area contributed by atoms with Crippen LogP contribution in [0.3, 0.4) is 0 Å². The van der Waals surface area contributed by atoms with Crippen LogP contribution in [0.25, 0.3) is 0 Å². The second-order valence-corrected chi connectivity index (χ2v) is 10.6. The number of anilines is 3. The van der Waals surface area contributed by atoms with Crippen molar-refractivity contribution in [2.24, 2.45) is 0 Å². The maximum absolute atomic E-state index is 13.5. The molecule has 0 fully saturated rings. The van der Waals surface area contributed by atoms with E-state index in [-0.39, 0.29) is 30.9 Å². The lowest BCUT2D eigenvalue weighted by Gasteiger charge is -2.10. The van der Waals surface area contributed by atoms with Gasteiger partial charge in [-0.1, -0.05) is 29.3 Å². The van der Waals surface area contributed by atoms with E-state index in [0.717, 1.165) is 29.0 Å².